The number of benzene rings is 1. The molecule has 0 amide bonds. The Labute approximate surface area is 198 Å². The molecule has 32 heavy (non-hydrogen) atoms. The minimum absolute atomic E-state index is 0.216. The first kappa shape index (κ1) is 25.3. The van der Waals surface area contributed by atoms with Crippen molar-refractivity contribution >= 4 is 0 Å². The SMILES string of the molecule is C=CC1CCC(CCCCC2CCC(c3ccc(C(CC)OCC=CC)cc3)CC2)CC1. The van der Waals surface area contributed by atoms with E-state index in [-0.39, 0.29) is 6.10 Å². The molecule has 2 fully saturated rings. The van der Waals surface area contributed by atoms with E-state index in [1.807, 2.05) is 6.92 Å². The first-order valence-electron chi connectivity index (χ1n) is 13.7. The molecule has 1 nitrogen and oxygen atoms in total. The van der Waals surface area contributed by atoms with E-state index in [2.05, 4.69) is 56.0 Å². The van der Waals surface area contributed by atoms with Gasteiger partial charge in [0.25, 0.3) is 0 Å². The van der Waals surface area contributed by atoms with Crippen LogP contribution < -0.4 is 0 Å². The first-order valence-corrected chi connectivity index (χ1v) is 13.7. The molecule has 1 heteroatoms. The van der Waals surface area contributed by atoms with Crippen LogP contribution >= 0.6 is 0 Å². The Kier molecular flexibility index (Phi) is 11.1. The summed E-state index contributed by atoms with van der Waals surface area (Å²) in [4.78, 5) is 0. The van der Waals surface area contributed by atoms with Gasteiger partial charge in [0.05, 0.1) is 12.7 Å². The summed E-state index contributed by atoms with van der Waals surface area (Å²) in [6, 6.07) is 9.38. The summed E-state index contributed by atoms with van der Waals surface area (Å²) in [7, 11) is 0. The minimum Gasteiger partial charge on any atom is -0.369 e. The molecule has 1 aromatic carbocycles. The maximum Gasteiger partial charge on any atom is 0.0826 e. The zero-order valence-electron chi connectivity index (χ0n) is 20.9. The van der Waals surface area contributed by atoms with E-state index in [0.717, 1.165) is 30.1 Å². The van der Waals surface area contributed by atoms with Crippen LogP contribution in [0.5, 0.6) is 0 Å². The van der Waals surface area contributed by atoms with E-state index in [1.165, 1.54) is 82.6 Å². The fourth-order valence-electron chi connectivity index (χ4n) is 6.06. The van der Waals surface area contributed by atoms with Crippen molar-refractivity contribution in [2.45, 2.75) is 109 Å². The Morgan fingerprint density at radius 3 is 2.03 bits per heavy atom. The van der Waals surface area contributed by atoms with Crippen molar-refractivity contribution in [3.05, 3.63) is 60.2 Å². The number of allylic oxidation sites excluding steroid dienone is 2. The van der Waals surface area contributed by atoms with Crippen molar-refractivity contribution in [1.29, 1.82) is 0 Å². The summed E-state index contributed by atoms with van der Waals surface area (Å²) in [6.07, 6.45) is 24.7. The Balaban J connectivity index is 1.33. The van der Waals surface area contributed by atoms with Gasteiger partial charge in [-0.25, -0.2) is 0 Å². The lowest BCUT2D eigenvalue weighted by atomic mass is 9.76. The topological polar surface area (TPSA) is 9.23 Å². The van der Waals surface area contributed by atoms with Crippen molar-refractivity contribution in [3.63, 3.8) is 0 Å². The van der Waals surface area contributed by atoms with Gasteiger partial charge in [0, 0.05) is 0 Å². The van der Waals surface area contributed by atoms with Gasteiger partial charge in [-0.1, -0.05) is 75.1 Å². The van der Waals surface area contributed by atoms with E-state index < -0.39 is 0 Å². The van der Waals surface area contributed by atoms with E-state index in [1.54, 1.807) is 5.56 Å². The molecular weight excluding hydrogens is 388 g/mol. The van der Waals surface area contributed by atoms with Gasteiger partial charge in [0.1, 0.15) is 0 Å². The lowest BCUT2D eigenvalue weighted by Crippen LogP contribution is -2.14. The van der Waals surface area contributed by atoms with Crippen molar-refractivity contribution in [2.75, 3.05) is 6.61 Å². The van der Waals surface area contributed by atoms with Gasteiger partial charge in [0.15, 0.2) is 0 Å². The number of hydrogen-bond donors (Lipinski definition) is 0. The standard InChI is InChI=1S/C31H48O/c1-4-7-24-32-31(6-3)30-22-20-29(21-23-30)28-18-16-27(17-19-28)11-9-8-10-26-14-12-25(5-2)13-15-26/h4-5,7,20-23,25-28,31H,2,6,8-19,24H2,1,3H3. The van der Waals surface area contributed by atoms with Crippen LogP contribution in [-0.2, 0) is 4.74 Å². The summed E-state index contributed by atoms with van der Waals surface area (Å²) < 4.78 is 6.02. The van der Waals surface area contributed by atoms with Gasteiger partial charge in [-0.2, -0.15) is 0 Å². The molecule has 0 spiro atoms. The number of hydrogen-bond acceptors (Lipinski definition) is 1. The molecule has 1 unspecified atom stereocenters. The molecule has 2 saturated carbocycles. The van der Waals surface area contributed by atoms with Gasteiger partial charge in [0.2, 0.25) is 0 Å². The highest BCUT2D eigenvalue weighted by atomic mass is 16.5. The molecule has 0 bridgehead atoms. The van der Waals surface area contributed by atoms with E-state index >= 15 is 0 Å². The third-order valence-electron chi connectivity index (χ3n) is 8.33. The summed E-state index contributed by atoms with van der Waals surface area (Å²) in [6.45, 7) is 8.94. The number of unbranched alkanes of at least 4 members (excludes halogenated alkanes) is 1. The molecule has 2 aliphatic carbocycles. The Morgan fingerprint density at radius 1 is 0.906 bits per heavy atom. The summed E-state index contributed by atoms with van der Waals surface area (Å²) in [5.41, 5.74) is 2.87. The lowest BCUT2D eigenvalue weighted by molar-refractivity contribution is 0.0712. The third kappa shape index (κ3) is 7.91. The second-order valence-electron chi connectivity index (χ2n) is 10.5. The van der Waals surface area contributed by atoms with Crippen molar-refractivity contribution in [1.82, 2.24) is 0 Å². The maximum absolute atomic E-state index is 6.02. The highest BCUT2D eigenvalue weighted by Crippen LogP contribution is 2.39. The molecule has 0 heterocycles. The van der Waals surface area contributed by atoms with E-state index in [4.69, 9.17) is 4.74 Å². The second-order valence-corrected chi connectivity index (χ2v) is 10.5. The zero-order chi connectivity index (χ0) is 22.6. The number of rotatable bonds is 12. The van der Waals surface area contributed by atoms with Crippen LogP contribution in [0.2, 0.25) is 0 Å². The normalized spacial score (nSPS) is 27.4. The van der Waals surface area contributed by atoms with Crippen molar-refractivity contribution in [3.8, 4) is 0 Å². The molecule has 0 saturated heterocycles. The highest BCUT2D eigenvalue weighted by molar-refractivity contribution is 5.27. The summed E-state index contributed by atoms with van der Waals surface area (Å²) in [5, 5.41) is 0. The molecule has 0 radical (unpaired) electrons. The van der Waals surface area contributed by atoms with Gasteiger partial charge in [-0.05, 0) is 99.5 Å². The molecule has 1 atom stereocenters. The third-order valence-corrected chi connectivity index (χ3v) is 8.33. The van der Waals surface area contributed by atoms with Crippen molar-refractivity contribution < 1.29 is 4.74 Å². The van der Waals surface area contributed by atoms with Crippen LogP contribution in [0.25, 0.3) is 0 Å². The monoisotopic (exact) mass is 436 g/mol. The highest BCUT2D eigenvalue weighted by Gasteiger charge is 2.23. The molecule has 1 aromatic rings. The predicted molar refractivity (Wildman–Crippen MR) is 139 cm³/mol. The van der Waals surface area contributed by atoms with Crippen LogP contribution in [0.15, 0.2) is 49.1 Å². The van der Waals surface area contributed by atoms with Crippen LogP contribution in [0.3, 0.4) is 0 Å². The average molecular weight is 437 g/mol. The van der Waals surface area contributed by atoms with Crippen LogP contribution in [0.1, 0.15) is 120 Å². The summed E-state index contributed by atoms with van der Waals surface area (Å²) >= 11 is 0. The van der Waals surface area contributed by atoms with E-state index in [9.17, 15) is 0 Å². The largest absolute Gasteiger partial charge is 0.369 e. The molecule has 0 N–H and O–H groups in total. The fourth-order valence-corrected chi connectivity index (χ4v) is 6.06. The second kappa shape index (κ2) is 14.0. The van der Waals surface area contributed by atoms with Gasteiger partial charge < -0.3 is 4.74 Å². The molecule has 178 valence electrons. The predicted octanol–water partition coefficient (Wildman–Crippen LogP) is 9.56. The smallest absolute Gasteiger partial charge is 0.0826 e. The molecule has 2 aliphatic rings. The maximum atomic E-state index is 6.02. The quantitative estimate of drug-likeness (QED) is 0.234. The Bertz CT molecular complexity index is 656. The lowest BCUT2D eigenvalue weighted by Gasteiger charge is -2.29. The molecule has 0 aromatic heterocycles. The van der Waals surface area contributed by atoms with Gasteiger partial charge >= 0.3 is 0 Å². The molecule has 3 rings (SSSR count). The Hall–Kier alpha value is -1.34. The number of ether oxygens (including phenoxy) is 1. The Morgan fingerprint density at radius 2 is 1.50 bits per heavy atom. The zero-order valence-corrected chi connectivity index (χ0v) is 20.9. The van der Waals surface area contributed by atoms with E-state index in [0.29, 0.717) is 6.61 Å². The van der Waals surface area contributed by atoms with Crippen LogP contribution in [0.4, 0.5) is 0 Å². The van der Waals surface area contributed by atoms with Gasteiger partial charge in [-0.15, -0.1) is 6.58 Å². The molecular formula is C31H48O. The average Bonchev–Trinajstić information content (AvgIpc) is 2.85. The first-order chi connectivity index (χ1) is 15.7. The fraction of sp³-hybridized carbons (Fsp3) is 0.677. The molecule has 0 aliphatic heterocycles. The van der Waals surface area contributed by atoms with Crippen molar-refractivity contribution in [2.24, 2.45) is 17.8 Å². The van der Waals surface area contributed by atoms with Gasteiger partial charge in [-0.3, -0.25) is 0 Å². The summed E-state index contributed by atoms with van der Waals surface area (Å²) in [5.74, 6) is 3.56. The van der Waals surface area contributed by atoms with Crippen LogP contribution in [-0.4, -0.2) is 6.61 Å². The minimum atomic E-state index is 0.216. The van der Waals surface area contributed by atoms with Crippen LogP contribution in [0, 0.1) is 17.8 Å².